The number of hydrogen-bond acceptors (Lipinski definition) is 3. The molecule has 6 heteroatoms. The summed E-state index contributed by atoms with van der Waals surface area (Å²) in [5.74, 6) is 2.13. The van der Waals surface area contributed by atoms with Crippen LogP contribution in [0.1, 0.15) is 20.3 Å². The molecule has 6 nitrogen and oxygen atoms in total. The second-order valence-electron chi connectivity index (χ2n) is 6.20. The van der Waals surface area contributed by atoms with Crippen LogP contribution in [-0.2, 0) is 9.53 Å². The highest BCUT2D eigenvalue weighted by Gasteiger charge is 2.24. The summed E-state index contributed by atoms with van der Waals surface area (Å²) in [5.41, 5.74) is 0. The Bertz CT molecular complexity index is 348. The summed E-state index contributed by atoms with van der Waals surface area (Å²) in [6.07, 6.45) is 1.25. The minimum absolute atomic E-state index is 0.0131. The number of carbonyl (C=O) groups excluding carboxylic acids is 1. The second-order valence-corrected chi connectivity index (χ2v) is 6.20. The Labute approximate surface area is 128 Å². The van der Waals surface area contributed by atoms with Crippen molar-refractivity contribution >= 4 is 11.9 Å². The largest absolute Gasteiger partial charge is 0.383 e. The molecule has 0 aromatic carbocycles. The first-order valence-corrected chi connectivity index (χ1v) is 7.66. The number of piperidine rings is 1. The molecule has 1 aliphatic heterocycles. The van der Waals surface area contributed by atoms with Crippen LogP contribution in [0.25, 0.3) is 0 Å². The Morgan fingerprint density at radius 3 is 2.48 bits per heavy atom. The predicted molar refractivity (Wildman–Crippen MR) is 85.4 cm³/mol. The van der Waals surface area contributed by atoms with Gasteiger partial charge in [0.1, 0.15) is 6.54 Å². The highest BCUT2D eigenvalue weighted by atomic mass is 16.5. The first-order valence-electron chi connectivity index (χ1n) is 7.66. The van der Waals surface area contributed by atoms with Crippen molar-refractivity contribution in [2.45, 2.75) is 20.3 Å². The van der Waals surface area contributed by atoms with E-state index in [1.165, 1.54) is 6.42 Å². The number of guanidine groups is 1. The molecule has 0 aliphatic carbocycles. The topological polar surface area (TPSA) is 57.2 Å². The van der Waals surface area contributed by atoms with E-state index in [0.717, 1.165) is 19.0 Å². The Morgan fingerprint density at radius 1 is 1.33 bits per heavy atom. The fourth-order valence-corrected chi connectivity index (χ4v) is 2.65. The molecule has 1 amide bonds. The zero-order valence-corrected chi connectivity index (χ0v) is 14.1. The van der Waals surface area contributed by atoms with Crippen LogP contribution in [0.2, 0.25) is 0 Å². The van der Waals surface area contributed by atoms with E-state index in [-0.39, 0.29) is 12.5 Å². The number of likely N-dealkylation sites (tertiary alicyclic amines) is 1. The standard InChI is InChI=1S/C15H30N4O2/c1-12-8-13(2)11-19(10-12)15(16-6-7-21-5)17-9-14(20)18(3)4/h12-13H,6-11H2,1-5H3,(H,16,17). The smallest absolute Gasteiger partial charge is 0.243 e. The number of carbonyl (C=O) groups is 1. The van der Waals surface area contributed by atoms with Gasteiger partial charge in [-0.1, -0.05) is 13.8 Å². The van der Waals surface area contributed by atoms with Crippen LogP contribution in [0.15, 0.2) is 4.99 Å². The number of likely N-dealkylation sites (N-methyl/N-ethyl adjacent to an activating group) is 1. The highest BCUT2D eigenvalue weighted by molar-refractivity contribution is 5.84. The maximum Gasteiger partial charge on any atom is 0.243 e. The molecule has 0 radical (unpaired) electrons. The molecule has 21 heavy (non-hydrogen) atoms. The summed E-state index contributed by atoms with van der Waals surface area (Å²) in [6.45, 7) is 8.01. The van der Waals surface area contributed by atoms with Crippen molar-refractivity contribution in [3.8, 4) is 0 Å². The summed E-state index contributed by atoms with van der Waals surface area (Å²) >= 11 is 0. The van der Waals surface area contributed by atoms with E-state index in [9.17, 15) is 4.79 Å². The van der Waals surface area contributed by atoms with Gasteiger partial charge in [-0.15, -0.1) is 0 Å². The van der Waals surface area contributed by atoms with Crippen LogP contribution in [0, 0.1) is 11.8 Å². The average molecular weight is 298 g/mol. The maximum atomic E-state index is 11.7. The molecule has 2 unspecified atom stereocenters. The molecule has 0 aromatic heterocycles. The third-order valence-corrected chi connectivity index (χ3v) is 3.62. The molecular formula is C15H30N4O2. The molecule has 0 saturated carbocycles. The summed E-state index contributed by atoms with van der Waals surface area (Å²) in [4.78, 5) is 20.1. The first kappa shape index (κ1) is 17.8. The van der Waals surface area contributed by atoms with Gasteiger partial charge in [0, 0.05) is 40.8 Å². The van der Waals surface area contributed by atoms with Crippen LogP contribution < -0.4 is 5.32 Å². The Balaban J connectivity index is 2.70. The van der Waals surface area contributed by atoms with Gasteiger partial charge < -0.3 is 19.9 Å². The monoisotopic (exact) mass is 298 g/mol. The van der Waals surface area contributed by atoms with Crippen molar-refractivity contribution in [1.29, 1.82) is 0 Å². The zero-order valence-electron chi connectivity index (χ0n) is 14.1. The van der Waals surface area contributed by atoms with E-state index in [0.29, 0.717) is 25.0 Å². The third kappa shape index (κ3) is 6.33. The van der Waals surface area contributed by atoms with Gasteiger partial charge >= 0.3 is 0 Å². The summed E-state index contributed by atoms with van der Waals surface area (Å²) in [6, 6.07) is 0. The van der Waals surface area contributed by atoms with Crippen LogP contribution in [0.4, 0.5) is 0 Å². The number of rotatable bonds is 5. The average Bonchev–Trinajstić information content (AvgIpc) is 2.41. The van der Waals surface area contributed by atoms with Crippen molar-refractivity contribution in [1.82, 2.24) is 15.1 Å². The minimum atomic E-state index is 0.0131. The predicted octanol–water partition coefficient (Wildman–Crippen LogP) is 0.645. The SMILES string of the molecule is COCCNC(=NCC(=O)N(C)C)N1CC(C)CC(C)C1. The minimum Gasteiger partial charge on any atom is -0.383 e. The van der Waals surface area contributed by atoms with Crippen molar-refractivity contribution in [2.75, 3.05) is 54.0 Å². The van der Waals surface area contributed by atoms with E-state index in [4.69, 9.17) is 4.74 Å². The molecule has 122 valence electrons. The van der Waals surface area contributed by atoms with Crippen LogP contribution in [-0.4, -0.2) is 75.7 Å². The van der Waals surface area contributed by atoms with Gasteiger partial charge in [-0.3, -0.25) is 4.79 Å². The number of nitrogens with one attached hydrogen (secondary N) is 1. The van der Waals surface area contributed by atoms with E-state index in [2.05, 4.69) is 29.1 Å². The normalized spacial score (nSPS) is 23.1. The molecule has 1 rings (SSSR count). The maximum absolute atomic E-state index is 11.7. The van der Waals surface area contributed by atoms with Gasteiger partial charge in [-0.25, -0.2) is 4.99 Å². The fourth-order valence-electron chi connectivity index (χ4n) is 2.65. The number of methoxy groups -OCH3 is 1. The number of hydrogen-bond donors (Lipinski definition) is 1. The zero-order chi connectivity index (χ0) is 15.8. The van der Waals surface area contributed by atoms with E-state index >= 15 is 0 Å². The quantitative estimate of drug-likeness (QED) is 0.460. The number of nitrogens with zero attached hydrogens (tertiary/aromatic N) is 3. The lowest BCUT2D eigenvalue weighted by Crippen LogP contribution is -2.49. The summed E-state index contributed by atoms with van der Waals surface area (Å²) in [5, 5.41) is 3.31. The number of amides is 1. The van der Waals surface area contributed by atoms with Gasteiger partial charge in [0.2, 0.25) is 5.91 Å². The molecule has 1 aliphatic rings. The van der Waals surface area contributed by atoms with Gasteiger partial charge in [-0.2, -0.15) is 0 Å². The van der Waals surface area contributed by atoms with Crippen molar-refractivity contribution in [3.63, 3.8) is 0 Å². The Morgan fingerprint density at radius 2 is 1.95 bits per heavy atom. The van der Waals surface area contributed by atoms with Crippen molar-refractivity contribution in [3.05, 3.63) is 0 Å². The molecule has 1 N–H and O–H groups in total. The molecule has 0 aromatic rings. The lowest BCUT2D eigenvalue weighted by molar-refractivity contribution is -0.127. The summed E-state index contributed by atoms with van der Waals surface area (Å²) in [7, 11) is 5.18. The number of ether oxygens (including phenoxy) is 1. The second kappa shape index (κ2) is 8.87. The molecule has 1 fully saturated rings. The highest BCUT2D eigenvalue weighted by Crippen LogP contribution is 2.20. The van der Waals surface area contributed by atoms with Crippen LogP contribution >= 0.6 is 0 Å². The van der Waals surface area contributed by atoms with Gasteiger partial charge in [-0.05, 0) is 18.3 Å². The molecule has 1 heterocycles. The van der Waals surface area contributed by atoms with Gasteiger partial charge in [0.05, 0.1) is 6.61 Å². The molecule has 0 spiro atoms. The van der Waals surface area contributed by atoms with Gasteiger partial charge in [0.25, 0.3) is 0 Å². The molecular weight excluding hydrogens is 268 g/mol. The molecule has 1 saturated heterocycles. The lowest BCUT2D eigenvalue weighted by atomic mass is 9.92. The van der Waals surface area contributed by atoms with Crippen LogP contribution in [0.3, 0.4) is 0 Å². The third-order valence-electron chi connectivity index (χ3n) is 3.62. The van der Waals surface area contributed by atoms with Crippen LogP contribution in [0.5, 0.6) is 0 Å². The fraction of sp³-hybridized carbons (Fsp3) is 0.867. The Kier molecular flexibility index (Phi) is 7.50. The summed E-state index contributed by atoms with van der Waals surface area (Å²) < 4.78 is 5.07. The van der Waals surface area contributed by atoms with Gasteiger partial charge in [0.15, 0.2) is 5.96 Å². The van der Waals surface area contributed by atoms with E-state index in [1.807, 2.05) is 0 Å². The first-order chi connectivity index (χ1) is 9.93. The molecule has 2 atom stereocenters. The Hall–Kier alpha value is -1.30. The van der Waals surface area contributed by atoms with Crippen molar-refractivity contribution in [2.24, 2.45) is 16.8 Å². The molecule has 0 bridgehead atoms. The lowest BCUT2D eigenvalue weighted by Gasteiger charge is -2.37. The number of aliphatic imine (C=N–C) groups is 1. The van der Waals surface area contributed by atoms with Crippen molar-refractivity contribution < 1.29 is 9.53 Å². The van der Waals surface area contributed by atoms with E-state index in [1.54, 1.807) is 26.1 Å². The van der Waals surface area contributed by atoms with E-state index < -0.39 is 0 Å².